The molecular formula is C41H59N. The summed E-state index contributed by atoms with van der Waals surface area (Å²) in [6.07, 6.45) is 22.5. The van der Waals surface area contributed by atoms with Crippen LogP contribution in [0.1, 0.15) is 133 Å². The highest BCUT2D eigenvalue weighted by molar-refractivity contribution is 5.76. The number of hydrogen-bond acceptors (Lipinski definition) is 1. The second-order valence-corrected chi connectivity index (χ2v) is 14.3. The SMILES string of the molecule is C#C.C=C(C)CCCC1CC1CCCCCc1cc(C)c2c(c1)C2/C(CC)=C(\CCNCC(C)(C)C)c1ccccc1. The highest BCUT2D eigenvalue weighted by Crippen LogP contribution is 2.54. The first-order valence-corrected chi connectivity index (χ1v) is 16.8. The number of aryl methyl sites for hydroxylation is 2. The molecular weight excluding hydrogens is 506 g/mol. The van der Waals surface area contributed by atoms with Gasteiger partial charge in [-0.15, -0.1) is 19.4 Å². The van der Waals surface area contributed by atoms with Gasteiger partial charge < -0.3 is 5.32 Å². The smallest absolute Gasteiger partial charge is 0.0313 e. The summed E-state index contributed by atoms with van der Waals surface area (Å²) in [5, 5.41) is 3.73. The van der Waals surface area contributed by atoms with Crippen molar-refractivity contribution in [2.45, 2.75) is 118 Å². The molecule has 0 heterocycles. The molecule has 2 aromatic rings. The first kappa shape index (κ1) is 33.9. The highest BCUT2D eigenvalue weighted by Gasteiger charge is 2.38. The van der Waals surface area contributed by atoms with Crippen molar-refractivity contribution in [1.82, 2.24) is 5.32 Å². The Morgan fingerprint density at radius 3 is 2.29 bits per heavy atom. The lowest BCUT2D eigenvalue weighted by molar-refractivity contribution is 0.382. The van der Waals surface area contributed by atoms with Crippen LogP contribution >= 0.6 is 0 Å². The third-order valence-corrected chi connectivity index (χ3v) is 9.23. The molecule has 2 aromatic carbocycles. The molecule has 3 atom stereocenters. The fraction of sp³-hybridized carbons (Fsp3) is 0.561. The van der Waals surface area contributed by atoms with E-state index in [1.54, 1.807) is 27.8 Å². The van der Waals surface area contributed by atoms with Gasteiger partial charge in [-0.05, 0) is 122 Å². The second kappa shape index (κ2) is 16.3. The van der Waals surface area contributed by atoms with Crippen LogP contribution in [-0.4, -0.2) is 13.1 Å². The summed E-state index contributed by atoms with van der Waals surface area (Å²) in [6, 6.07) is 16.2. The van der Waals surface area contributed by atoms with E-state index in [4.69, 9.17) is 0 Å². The average molecular weight is 566 g/mol. The molecule has 1 N–H and O–H groups in total. The minimum absolute atomic E-state index is 0.315. The number of rotatable bonds is 17. The van der Waals surface area contributed by atoms with Crippen LogP contribution in [0.2, 0.25) is 0 Å². The molecule has 1 nitrogen and oxygen atoms in total. The van der Waals surface area contributed by atoms with Crippen LogP contribution in [0, 0.1) is 37.0 Å². The molecule has 4 rings (SSSR count). The van der Waals surface area contributed by atoms with Gasteiger partial charge in [0.2, 0.25) is 0 Å². The van der Waals surface area contributed by atoms with Crippen molar-refractivity contribution in [1.29, 1.82) is 0 Å². The molecule has 3 unspecified atom stereocenters. The summed E-state index contributed by atoms with van der Waals surface area (Å²) in [5.41, 5.74) is 12.6. The maximum absolute atomic E-state index is 4.05. The van der Waals surface area contributed by atoms with Crippen LogP contribution in [0.15, 0.2) is 60.2 Å². The second-order valence-electron chi connectivity index (χ2n) is 14.3. The average Bonchev–Trinajstić information content (AvgIpc) is 3.87. The summed E-state index contributed by atoms with van der Waals surface area (Å²) in [7, 11) is 0. The predicted molar refractivity (Wildman–Crippen MR) is 186 cm³/mol. The molecule has 1 fully saturated rings. The largest absolute Gasteiger partial charge is 0.316 e. The van der Waals surface area contributed by atoms with Crippen LogP contribution < -0.4 is 5.32 Å². The van der Waals surface area contributed by atoms with Crippen molar-refractivity contribution < 1.29 is 0 Å². The minimum atomic E-state index is 0.315. The Labute approximate surface area is 259 Å². The Balaban J connectivity index is 0.00000237. The highest BCUT2D eigenvalue weighted by atomic mass is 14.9. The Morgan fingerprint density at radius 1 is 0.952 bits per heavy atom. The van der Waals surface area contributed by atoms with E-state index in [0.29, 0.717) is 11.3 Å². The lowest BCUT2D eigenvalue weighted by Gasteiger charge is -2.20. The molecule has 0 radical (unpaired) electrons. The summed E-state index contributed by atoms with van der Waals surface area (Å²) in [4.78, 5) is 0. The molecule has 0 amide bonds. The Kier molecular flexibility index (Phi) is 13.2. The number of hydrogen-bond donors (Lipinski definition) is 1. The van der Waals surface area contributed by atoms with Gasteiger partial charge in [0.15, 0.2) is 0 Å². The Bertz CT molecular complexity index is 1190. The van der Waals surface area contributed by atoms with Gasteiger partial charge in [-0.1, -0.05) is 101 Å². The van der Waals surface area contributed by atoms with Gasteiger partial charge in [-0.2, -0.15) is 0 Å². The van der Waals surface area contributed by atoms with Crippen molar-refractivity contribution in [2.75, 3.05) is 13.1 Å². The zero-order valence-corrected chi connectivity index (χ0v) is 27.8. The molecule has 0 spiro atoms. The number of fused-ring (bicyclic) bond motifs is 1. The van der Waals surface area contributed by atoms with E-state index in [9.17, 15) is 0 Å². The van der Waals surface area contributed by atoms with Crippen LogP contribution in [-0.2, 0) is 6.42 Å². The number of allylic oxidation sites excluding steroid dienone is 2. The first-order valence-electron chi connectivity index (χ1n) is 16.8. The van der Waals surface area contributed by atoms with Crippen LogP contribution in [0.5, 0.6) is 0 Å². The fourth-order valence-corrected chi connectivity index (χ4v) is 6.95. The zero-order valence-electron chi connectivity index (χ0n) is 27.8. The number of unbranched alkanes of at least 4 members (excludes halogenated alkanes) is 2. The summed E-state index contributed by atoms with van der Waals surface area (Å²) in [6.45, 7) is 19.9. The van der Waals surface area contributed by atoms with E-state index in [2.05, 4.69) is 109 Å². The van der Waals surface area contributed by atoms with Gasteiger partial charge in [0.1, 0.15) is 0 Å². The third-order valence-electron chi connectivity index (χ3n) is 9.23. The Morgan fingerprint density at radius 2 is 1.64 bits per heavy atom. The van der Waals surface area contributed by atoms with Crippen molar-refractivity contribution in [3.05, 3.63) is 88.0 Å². The maximum Gasteiger partial charge on any atom is 0.0313 e. The van der Waals surface area contributed by atoms with Gasteiger partial charge in [-0.25, -0.2) is 0 Å². The van der Waals surface area contributed by atoms with E-state index in [0.717, 1.165) is 37.8 Å². The van der Waals surface area contributed by atoms with Gasteiger partial charge in [0.05, 0.1) is 0 Å². The van der Waals surface area contributed by atoms with E-state index >= 15 is 0 Å². The topological polar surface area (TPSA) is 12.0 Å². The van der Waals surface area contributed by atoms with Gasteiger partial charge in [-0.3, -0.25) is 0 Å². The van der Waals surface area contributed by atoms with Crippen molar-refractivity contribution in [3.63, 3.8) is 0 Å². The maximum atomic E-state index is 4.05. The number of benzene rings is 2. The molecule has 0 aromatic heterocycles. The normalized spacial score (nSPS) is 19.3. The number of terminal acetylenes is 1. The Hall–Kier alpha value is -2.56. The quantitative estimate of drug-likeness (QED) is 0.114. The van der Waals surface area contributed by atoms with Crippen LogP contribution in [0.25, 0.3) is 5.57 Å². The molecule has 2 aliphatic rings. The fourth-order valence-electron chi connectivity index (χ4n) is 6.95. The monoisotopic (exact) mass is 565 g/mol. The molecule has 228 valence electrons. The molecule has 0 saturated heterocycles. The lowest BCUT2D eigenvalue weighted by Crippen LogP contribution is -2.27. The van der Waals surface area contributed by atoms with Crippen LogP contribution in [0.3, 0.4) is 0 Å². The molecule has 42 heavy (non-hydrogen) atoms. The van der Waals surface area contributed by atoms with E-state index in [1.165, 1.54) is 74.5 Å². The summed E-state index contributed by atoms with van der Waals surface area (Å²) in [5.74, 6) is 2.59. The lowest BCUT2D eigenvalue weighted by atomic mass is 9.90. The predicted octanol–water partition coefficient (Wildman–Crippen LogP) is 11.1. The van der Waals surface area contributed by atoms with Crippen LogP contribution in [0.4, 0.5) is 0 Å². The molecule has 1 heteroatoms. The standard InChI is InChI=1S/C39H57N.C2H2/c1-8-34(35(31-18-12-10-13-19-31)22-23-40-27-39(5,6)7)38-36-25-30(24-29(4)37(36)38)17-11-9-14-20-32-26-33(32)21-15-16-28(2)3;1-2/h10,12-13,18-19,24-25,32-33,38,40H,2,8-9,11,14-17,20-23,26-27H2,1,3-7H3;1-2H/b35-34+;. The summed E-state index contributed by atoms with van der Waals surface area (Å²) >= 11 is 0. The van der Waals surface area contributed by atoms with E-state index < -0.39 is 0 Å². The van der Waals surface area contributed by atoms with Crippen molar-refractivity contribution in [2.24, 2.45) is 17.3 Å². The third kappa shape index (κ3) is 10.3. The van der Waals surface area contributed by atoms with Crippen molar-refractivity contribution >= 4 is 5.57 Å². The van der Waals surface area contributed by atoms with E-state index in [-0.39, 0.29) is 0 Å². The van der Waals surface area contributed by atoms with Gasteiger partial charge in [0, 0.05) is 12.5 Å². The van der Waals surface area contributed by atoms with E-state index in [1.807, 2.05) is 0 Å². The molecule has 0 bridgehead atoms. The first-order chi connectivity index (χ1) is 20.2. The zero-order chi connectivity index (χ0) is 30.7. The van der Waals surface area contributed by atoms with Crippen molar-refractivity contribution in [3.8, 4) is 12.8 Å². The molecule has 2 aliphatic carbocycles. The molecule has 1 saturated carbocycles. The summed E-state index contributed by atoms with van der Waals surface area (Å²) < 4.78 is 0. The number of nitrogens with one attached hydrogen (secondary N) is 1. The molecule has 0 aliphatic heterocycles. The minimum Gasteiger partial charge on any atom is -0.316 e. The van der Waals surface area contributed by atoms with Gasteiger partial charge >= 0.3 is 0 Å². The van der Waals surface area contributed by atoms with Gasteiger partial charge in [0.25, 0.3) is 0 Å².